The molecule has 0 saturated carbocycles. The Morgan fingerprint density at radius 3 is 2.67 bits per heavy atom. The molecule has 3 rings (SSSR count). The first-order valence-electron chi connectivity index (χ1n) is 9.84. The molecule has 2 aromatic rings. The number of benzene rings is 1. The lowest BCUT2D eigenvalue weighted by Gasteiger charge is -2.24. The van der Waals surface area contributed by atoms with Crippen LogP contribution in [0.4, 0.5) is 0 Å². The van der Waals surface area contributed by atoms with Crippen LogP contribution in [-0.4, -0.2) is 50.2 Å². The fourth-order valence-corrected chi connectivity index (χ4v) is 3.29. The van der Waals surface area contributed by atoms with Crippen LogP contribution in [0.3, 0.4) is 0 Å². The van der Waals surface area contributed by atoms with E-state index in [-0.39, 0.29) is 6.04 Å². The van der Waals surface area contributed by atoms with Crippen molar-refractivity contribution in [2.24, 2.45) is 4.99 Å². The zero-order valence-corrected chi connectivity index (χ0v) is 16.1. The van der Waals surface area contributed by atoms with Crippen molar-refractivity contribution in [3.05, 3.63) is 54.5 Å². The van der Waals surface area contributed by atoms with Crippen molar-refractivity contribution in [2.45, 2.75) is 25.8 Å². The number of aliphatic imine (C=N–C) groups is 1. The second-order valence-electron chi connectivity index (χ2n) is 6.58. The average molecular weight is 370 g/mol. The standard InChI is InChI=1S/C21H30N4O2/c1-2-22-21(23-12-16-26-18-9-4-3-5-10-18)24-17-19(20-11-8-15-27-20)25-13-6-7-14-25/h3-5,8-11,15,19H,2,6-7,12-14,16-17H2,1H3,(H2,22,23,24). The number of likely N-dealkylation sites (tertiary alicyclic amines) is 1. The zero-order chi connectivity index (χ0) is 18.7. The monoisotopic (exact) mass is 370 g/mol. The number of para-hydroxylation sites is 1. The third kappa shape index (κ3) is 6.03. The Kier molecular flexibility index (Phi) is 7.59. The zero-order valence-electron chi connectivity index (χ0n) is 16.1. The number of guanidine groups is 1. The summed E-state index contributed by atoms with van der Waals surface area (Å²) >= 11 is 0. The van der Waals surface area contributed by atoms with E-state index >= 15 is 0 Å². The summed E-state index contributed by atoms with van der Waals surface area (Å²) in [5, 5.41) is 6.65. The summed E-state index contributed by atoms with van der Waals surface area (Å²) in [7, 11) is 0. The number of nitrogens with zero attached hydrogens (tertiary/aromatic N) is 2. The predicted octanol–water partition coefficient (Wildman–Crippen LogP) is 3.05. The van der Waals surface area contributed by atoms with Crippen LogP contribution in [-0.2, 0) is 0 Å². The van der Waals surface area contributed by atoms with E-state index in [1.807, 2.05) is 42.5 Å². The highest BCUT2D eigenvalue weighted by Gasteiger charge is 2.25. The first-order chi connectivity index (χ1) is 13.4. The number of hydrogen-bond donors (Lipinski definition) is 2. The minimum Gasteiger partial charge on any atom is -0.492 e. The highest BCUT2D eigenvalue weighted by atomic mass is 16.5. The van der Waals surface area contributed by atoms with Crippen molar-refractivity contribution in [1.82, 2.24) is 15.5 Å². The molecule has 6 nitrogen and oxygen atoms in total. The Bertz CT molecular complexity index is 667. The van der Waals surface area contributed by atoms with Gasteiger partial charge in [0.25, 0.3) is 0 Å². The van der Waals surface area contributed by atoms with Gasteiger partial charge in [-0.3, -0.25) is 9.89 Å². The SMILES string of the molecule is CCNC(=NCC(c1ccco1)N1CCCC1)NCCOc1ccccc1. The van der Waals surface area contributed by atoms with E-state index in [0.29, 0.717) is 19.7 Å². The molecule has 1 unspecified atom stereocenters. The van der Waals surface area contributed by atoms with E-state index in [2.05, 4.69) is 22.5 Å². The molecule has 1 aromatic carbocycles. The number of nitrogens with one attached hydrogen (secondary N) is 2. The largest absolute Gasteiger partial charge is 0.492 e. The van der Waals surface area contributed by atoms with Crippen LogP contribution >= 0.6 is 0 Å². The molecule has 1 aliphatic heterocycles. The Labute approximate surface area is 161 Å². The minimum absolute atomic E-state index is 0.193. The van der Waals surface area contributed by atoms with Crippen molar-refractivity contribution in [3.8, 4) is 5.75 Å². The van der Waals surface area contributed by atoms with Crippen molar-refractivity contribution in [2.75, 3.05) is 39.3 Å². The van der Waals surface area contributed by atoms with Crippen LogP contribution < -0.4 is 15.4 Å². The van der Waals surface area contributed by atoms with Crippen LogP contribution in [0.25, 0.3) is 0 Å². The summed E-state index contributed by atoms with van der Waals surface area (Å²) < 4.78 is 11.4. The van der Waals surface area contributed by atoms with Crippen molar-refractivity contribution >= 4 is 5.96 Å². The van der Waals surface area contributed by atoms with E-state index < -0.39 is 0 Å². The van der Waals surface area contributed by atoms with E-state index in [1.54, 1.807) is 6.26 Å². The molecule has 0 spiro atoms. The number of rotatable bonds is 9. The van der Waals surface area contributed by atoms with Gasteiger partial charge in [-0.15, -0.1) is 0 Å². The average Bonchev–Trinajstić information content (AvgIpc) is 3.41. The van der Waals surface area contributed by atoms with Crippen LogP contribution in [0.15, 0.2) is 58.1 Å². The molecular formula is C21H30N4O2. The Balaban J connectivity index is 1.53. The molecule has 1 fully saturated rings. The molecule has 6 heteroatoms. The third-order valence-electron chi connectivity index (χ3n) is 4.63. The quantitative estimate of drug-likeness (QED) is 0.404. The molecule has 0 radical (unpaired) electrons. The van der Waals surface area contributed by atoms with Crippen LogP contribution in [0.2, 0.25) is 0 Å². The normalized spacial score (nSPS) is 16.3. The first kappa shape index (κ1) is 19.3. The van der Waals surface area contributed by atoms with Gasteiger partial charge >= 0.3 is 0 Å². The second-order valence-corrected chi connectivity index (χ2v) is 6.58. The first-order valence-corrected chi connectivity index (χ1v) is 9.84. The lowest BCUT2D eigenvalue weighted by molar-refractivity contribution is 0.221. The van der Waals surface area contributed by atoms with Gasteiger partial charge in [0.15, 0.2) is 5.96 Å². The molecule has 0 aliphatic carbocycles. The highest BCUT2D eigenvalue weighted by molar-refractivity contribution is 5.79. The van der Waals surface area contributed by atoms with Crippen molar-refractivity contribution in [1.29, 1.82) is 0 Å². The summed E-state index contributed by atoms with van der Waals surface area (Å²) in [5.74, 6) is 2.68. The summed E-state index contributed by atoms with van der Waals surface area (Å²) in [6.45, 7) is 7.05. The van der Waals surface area contributed by atoms with Gasteiger partial charge in [-0.25, -0.2) is 0 Å². The van der Waals surface area contributed by atoms with Gasteiger partial charge in [0.05, 0.1) is 25.4 Å². The number of furan rings is 1. The molecule has 146 valence electrons. The Hall–Kier alpha value is -2.47. The van der Waals surface area contributed by atoms with Crippen molar-refractivity contribution < 1.29 is 9.15 Å². The van der Waals surface area contributed by atoms with Gasteiger partial charge in [-0.1, -0.05) is 18.2 Å². The maximum Gasteiger partial charge on any atom is 0.191 e. The van der Waals surface area contributed by atoms with E-state index in [0.717, 1.165) is 37.1 Å². The molecule has 1 saturated heterocycles. The number of ether oxygens (including phenoxy) is 1. The van der Waals surface area contributed by atoms with Gasteiger partial charge in [0.1, 0.15) is 18.1 Å². The smallest absolute Gasteiger partial charge is 0.191 e. The molecule has 1 aromatic heterocycles. The second kappa shape index (κ2) is 10.6. The molecule has 1 atom stereocenters. The van der Waals surface area contributed by atoms with E-state index in [4.69, 9.17) is 14.1 Å². The van der Waals surface area contributed by atoms with E-state index in [9.17, 15) is 0 Å². The summed E-state index contributed by atoms with van der Waals surface area (Å²) in [5.41, 5.74) is 0. The maximum atomic E-state index is 5.73. The lowest BCUT2D eigenvalue weighted by Crippen LogP contribution is -2.40. The fourth-order valence-electron chi connectivity index (χ4n) is 3.29. The van der Waals surface area contributed by atoms with Gasteiger partial charge < -0.3 is 19.8 Å². The van der Waals surface area contributed by atoms with Crippen LogP contribution in [0.1, 0.15) is 31.6 Å². The predicted molar refractivity (Wildman–Crippen MR) is 108 cm³/mol. The lowest BCUT2D eigenvalue weighted by atomic mass is 10.2. The maximum absolute atomic E-state index is 5.73. The van der Waals surface area contributed by atoms with Gasteiger partial charge in [0, 0.05) is 6.54 Å². The Morgan fingerprint density at radius 1 is 1.15 bits per heavy atom. The highest BCUT2D eigenvalue weighted by Crippen LogP contribution is 2.25. The molecule has 1 aliphatic rings. The van der Waals surface area contributed by atoms with E-state index in [1.165, 1.54) is 12.8 Å². The molecule has 2 heterocycles. The minimum atomic E-state index is 0.193. The number of hydrogen-bond acceptors (Lipinski definition) is 4. The molecular weight excluding hydrogens is 340 g/mol. The summed E-state index contributed by atoms with van der Waals surface area (Å²) in [6.07, 6.45) is 4.23. The van der Waals surface area contributed by atoms with Crippen molar-refractivity contribution in [3.63, 3.8) is 0 Å². The summed E-state index contributed by atoms with van der Waals surface area (Å²) in [6, 6.07) is 14.0. The Morgan fingerprint density at radius 2 is 1.96 bits per heavy atom. The fraction of sp³-hybridized carbons (Fsp3) is 0.476. The molecule has 0 amide bonds. The molecule has 27 heavy (non-hydrogen) atoms. The van der Waals surface area contributed by atoms with Gasteiger partial charge in [-0.2, -0.15) is 0 Å². The molecule has 0 bridgehead atoms. The topological polar surface area (TPSA) is 62.0 Å². The third-order valence-corrected chi connectivity index (χ3v) is 4.63. The summed E-state index contributed by atoms with van der Waals surface area (Å²) in [4.78, 5) is 7.26. The van der Waals surface area contributed by atoms with Crippen LogP contribution in [0, 0.1) is 0 Å². The molecule has 2 N–H and O–H groups in total. The van der Waals surface area contributed by atoms with Gasteiger partial charge in [-0.05, 0) is 57.1 Å². The van der Waals surface area contributed by atoms with Gasteiger partial charge in [0.2, 0.25) is 0 Å². The van der Waals surface area contributed by atoms with Crippen LogP contribution in [0.5, 0.6) is 5.75 Å².